The second-order valence-electron chi connectivity index (χ2n) is 8.11. The molecule has 2 amide bonds. The lowest BCUT2D eigenvalue weighted by Gasteiger charge is -2.54. The van der Waals surface area contributed by atoms with E-state index in [2.05, 4.69) is 15.2 Å². The first-order valence-corrected chi connectivity index (χ1v) is 10.9. The smallest absolute Gasteiger partial charge is 0.257 e. The van der Waals surface area contributed by atoms with Gasteiger partial charge in [0.05, 0.1) is 26.2 Å². The molecule has 8 nitrogen and oxygen atoms in total. The molecule has 2 saturated heterocycles. The van der Waals surface area contributed by atoms with Crippen LogP contribution in [-0.4, -0.2) is 67.4 Å². The van der Waals surface area contributed by atoms with E-state index in [1.165, 1.54) is 18.7 Å². The average molecular weight is 480 g/mol. The molecular weight excluding hydrogens is 463 g/mol. The monoisotopic (exact) mass is 478 g/mol. The van der Waals surface area contributed by atoms with Crippen molar-refractivity contribution in [1.29, 1.82) is 0 Å². The number of halogens is 3. The Balaban J connectivity index is 1.31. The predicted molar refractivity (Wildman–Crippen MR) is 116 cm³/mol. The third kappa shape index (κ3) is 3.52. The number of pyridine rings is 2. The van der Waals surface area contributed by atoms with E-state index in [9.17, 15) is 9.59 Å². The van der Waals surface area contributed by atoms with Crippen LogP contribution in [-0.2, 0) is 0 Å². The Bertz CT molecular complexity index is 1190. The van der Waals surface area contributed by atoms with E-state index in [0.29, 0.717) is 42.4 Å². The number of fused-ring (bicyclic) bond motifs is 1. The van der Waals surface area contributed by atoms with E-state index in [1.54, 1.807) is 21.6 Å². The summed E-state index contributed by atoms with van der Waals surface area (Å²) in [4.78, 5) is 33.5. The Morgan fingerprint density at radius 3 is 2.42 bits per heavy atom. The number of rotatable bonds is 2. The molecule has 31 heavy (non-hydrogen) atoms. The lowest BCUT2D eigenvalue weighted by atomic mass is 9.73. The van der Waals surface area contributed by atoms with Crippen molar-refractivity contribution in [2.45, 2.75) is 12.8 Å². The molecule has 3 aromatic heterocycles. The van der Waals surface area contributed by atoms with Crippen LogP contribution in [0.1, 0.15) is 33.6 Å². The van der Waals surface area contributed by atoms with E-state index in [4.69, 9.17) is 34.8 Å². The van der Waals surface area contributed by atoms with E-state index in [1.807, 2.05) is 4.90 Å². The van der Waals surface area contributed by atoms with Gasteiger partial charge in [-0.2, -0.15) is 0 Å². The van der Waals surface area contributed by atoms with E-state index >= 15 is 0 Å². The molecule has 0 saturated carbocycles. The number of piperidine rings is 1. The number of likely N-dealkylation sites (tertiary alicyclic amines) is 2. The molecule has 0 aromatic carbocycles. The van der Waals surface area contributed by atoms with Crippen molar-refractivity contribution in [3.63, 3.8) is 0 Å². The number of carbonyl (C=O) groups is 2. The molecule has 5 heterocycles. The van der Waals surface area contributed by atoms with Crippen LogP contribution in [0, 0.1) is 5.41 Å². The molecule has 0 atom stereocenters. The van der Waals surface area contributed by atoms with Gasteiger partial charge in [0.2, 0.25) is 0 Å². The largest absolute Gasteiger partial charge is 0.338 e. The van der Waals surface area contributed by atoms with Crippen molar-refractivity contribution in [2.24, 2.45) is 5.41 Å². The Hall–Kier alpha value is -2.42. The van der Waals surface area contributed by atoms with Gasteiger partial charge < -0.3 is 9.80 Å². The minimum atomic E-state index is -0.212. The minimum Gasteiger partial charge on any atom is -0.338 e. The molecule has 0 radical (unpaired) electrons. The van der Waals surface area contributed by atoms with Gasteiger partial charge in [-0.25, -0.2) is 0 Å². The first-order chi connectivity index (χ1) is 14.9. The molecule has 1 spiro atoms. The van der Waals surface area contributed by atoms with Gasteiger partial charge in [0.25, 0.3) is 11.8 Å². The highest BCUT2D eigenvalue weighted by molar-refractivity contribution is 6.39. The van der Waals surface area contributed by atoms with E-state index in [-0.39, 0.29) is 32.8 Å². The van der Waals surface area contributed by atoms with Crippen molar-refractivity contribution in [1.82, 2.24) is 29.4 Å². The summed E-state index contributed by atoms with van der Waals surface area (Å²) in [6.07, 6.45) is 7.84. The van der Waals surface area contributed by atoms with Crippen molar-refractivity contribution >= 4 is 52.3 Å². The lowest BCUT2D eigenvalue weighted by Crippen LogP contribution is -2.64. The second-order valence-corrected chi connectivity index (χ2v) is 9.33. The Kier molecular flexibility index (Phi) is 5.03. The van der Waals surface area contributed by atoms with Crippen LogP contribution in [0.15, 0.2) is 31.0 Å². The maximum Gasteiger partial charge on any atom is 0.257 e. The van der Waals surface area contributed by atoms with Gasteiger partial charge in [-0.1, -0.05) is 34.8 Å². The molecule has 0 aliphatic carbocycles. The van der Waals surface area contributed by atoms with Crippen LogP contribution < -0.4 is 0 Å². The molecule has 0 unspecified atom stereocenters. The molecule has 2 fully saturated rings. The third-order valence-electron chi connectivity index (χ3n) is 5.95. The summed E-state index contributed by atoms with van der Waals surface area (Å²) in [6.45, 7) is 2.34. The number of aromatic nitrogens is 4. The van der Waals surface area contributed by atoms with Crippen LogP contribution in [0.3, 0.4) is 0 Å². The normalized spacial score (nSPS) is 17.8. The van der Waals surface area contributed by atoms with Crippen molar-refractivity contribution in [3.8, 4) is 0 Å². The standard InChI is InChI=1S/C20H17Cl3N6O2/c21-13-4-12(7-28-11-25-26-17(13)28)18(30)27-3-1-2-20(8-27)9-29(10-20)19(31)16-14(22)5-24-6-15(16)23/h4-7,11H,1-3,8-10H2. The maximum absolute atomic E-state index is 13.2. The first kappa shape index (κ1) is 20.5. The Labute approximate surface area is 192 Å². The Morgan fingerprint density at radius 1 is 0.968 bits per heavy atom. The summed E-state index contributed by atoms with van der Waals surface area (Å²) in [5, 5.41) is 8.61. The lowest BCUT2D eigenvalue weighted by molar-refractivity contribution is -0.0338. The highest BCUT2D eigenvalue weighted by Gasteiger charge is 2.48. The number of carbonyl (C=O) groups excluding carboxylic acids is 2. The molecule has 5 rings (SSSR count). The summed E-state index contributed by atoms with van der Waals surface area (Å²) in [6, 6.07) is 1.62. The summed E-state index contributed by atoms with van der Waals surface area (Å²) in [5.41, 5.74) is 1.14. The number of nitrogens with zero attached hydrogens (tertiary/aromatic N) is 6. The van der Waals surface area contributed by atoms with Crippen molar-refractivity contribution in [2.75, 3.05) is 26.2 Å². The van der Waals surface area contributed by atoms with Crippen molar-refractivity contribution < 1.29 is 9.59 Å². The minimum absolute atomic E-state index is 0.0958. The number of hydrogen-bond donors (Lipinski definition) is 0. The summed E-state index contributed by atoms with van der Waals surface area (Å²) < 4.78 is 1.64. The topological polar surface area (TPSA) is 83.7 Å². The van der Waals surface area contributed by atoms with Crippen LogP contribution >= 0.6 is 34.8 Å². The zero-order valence-corrected chi connectivity index (χ0v) is 18.5. The molecule has 0 bridgehead atoms. The molecule has 11 heteroatoms. The third-order valence-corrected chi connectivity index (χ3v) is 6.80. The highest BCUT2D eigenvalue weighted by Crippen LogP contribution is 2.41. The zero-order chi connectivity index (χ0) is 21.8. The number of amides is 2. The van der Waals surface area contributed by atoms with E-state index < -0.39 is 0 Å². The van der Waals surface area contributed by atoms with E-state index in [0.717, 1.165) is 12.8 Å². The zero-order valence-electron chi connectivity index (χ0n) is 16.3. The highest BCUT2D eigenvalue weighted by atomic mass is 35.5. The molecule has 0 N–H and O–H groups in total. The van der Waals surface area contributed by atoms with Crippen LogP contribution in [0.5, 0.6) is 0 Å². The summed E-state index contributed by atoms with van der Waals surface area (Å²) >= 11 is 18.5. The molecule has 2 aliphatic rings. The van der Waals surface area contributed by atoms with Crippen LogP contribution in [0.2, 0.25) is 15.1 Å². The van der Waals surface area contributed by atoms with Gasteiger partial charge in [-0.05, 0) is 18.9 Å². The average Bonchev–Trinajstić information content (AvgIpc) is 3.20. The fraction of sp³-hybridized carbons (Fsp3) is 0.350. The summed E-state index contributed by atoms with van der Waals surface area (Å²) in [7, 11) is 0. The van der Waals surface area contributed by atoms with Crippen molar-refractivity contribution in [3.05, 3.63) is 57.2 Å². The SMILES string of the molecule is O=C(c1cc(Cl)c2nncn2c1)N1CCCC2(C1)CN(C(=O)c1c(Cl)cncc1Cl)C2. The van der Waals surface area contributed by atoms with Gasteiger partial charge in [0, 0.05) is 50.2 Å². The van der Waals surface area contributed by atoms with Crippen LogP contribution in [0.25, 0.3) is 5.65 Å². The maximum atomic E-state index is 13.2. The molecule has 2 aliphatic heterocycles. The Morgan fingerprint density at radius 2 is 1.68 bits per heavy atom. The second kappa shape index (κ2) is 7.62. The fourth-order valence-corrected chi connectivity index (χ4v) is 5.30. The first-order valence-electron chi connectivity index (χ1n) is 9.73. The van der Waals surface area contributed by atoms with Gasteiger partial charge >= 0.3 is 0 Å². The fourth-order valence-electron chi connectivity index (χ4n) is 4.52. The molecular formula is C20H17Cl3N6O2. The van der Waals surface area contributed by atoms with Gasteiger partial charge in [-0.15, -0.1) is 10.2 Å². The quantitative estimate of drug-likeness (QED) is 0.562. The summed E-state index contributed by atoms with van der Waals surface area (Å²) in [5.74, 6) is -0.308. The number of hydrogen-bond acceptors (Lipinski definition) is 5. The predicted octanol–water partition coefficient (Wildman–Crippen LogP) is 3.46. The van der Waals surface area contributed by atoms with Gasteiger partial charge in [-0.3, -0.25) is 19.0 Å². The molecule has 3 aromatic rings. The van der Waals surface area contributed by atoms with Gasteiger partial charge in [0.15, 0.2) is 5.65 Å². The van der Waals surface area contributed by atoms with Gasteiger partial charge in [0.1, 0.15) is 6.33 Å². The molecule has 160 valence electrons. The van der Waals surface area contributed by atoms with Crippen LogP contribution in [0.4, 0.5) is 0 Å².